The Labute approximate surface area is 61.9 Å². The van der Waals surface area contributed by atoms with Crippen LogP contribution in [0.2, 0.25) is 0 Å². The van der Waals surface area contributed by atoms with Crippen LogP contribution in [0.3, 0.4) is 0 Å². The fourth-order valence-corrected chi connectivity index (χ4v) is 1.99. The Bertz CT molecular complexity index is 129. The molecule has 10 heavy (non-hydrogen) atoms. The molecule has 0 bridgehead atoms. The van der Waals surface area contributed by atoms with Crippen LogP contribution in [0.25, 0.3) is 0 Å². The van der Waals surface area contributed by atoms with Gasteiger partial charge in [-0.3, -0.25) is 0 Å². The molecule has 2 heterocycles. The van der Waals surface area contributed by atoms with Crippen molar-refractivity contribution >= 4 is 0 Å². The summed E-state index contributed by atoms with van der Waals surface area (Å²) in [7, 11) is 0. The van der Waals surface area contributed by atoms with E-state index in [1.54, 1.807) is 0 Å². The van der Waals surface area contributed by atoms with Crippen molar-refractivity contribution in [2.45, 2.75) is 13.8 Å². The predicted molar refractivity (Wildman–Crippen MR) is 39.9 cm³/mol. The van der Waals surface area contributed by atoms with Crippen molar-refractivity contribution in [2.75, 3.05) is 26.3 Å². The first-order valence-corrected chi connectivity index (χ1v) is 3.95. The molecule has 2 aliphatic rings. The molecule has 2 saturated heterocycles. The summed E-state index contributed by atoms with van der Waals surface area (Å²) in [6, 6.07) is 0. The Morgan fingerprint density at radius 2 is 1.60 bits per heavy atom. The van der Waals surface area contributed by atoms with Gasteiger partial charge in [0, 0.05) is 23.9 Å². The van der Waals surface area contributed by atoms with Gasteiger partial charge in [-0.05, 0) is 0 Å². The van der Waals surface area contributed by atoms with Crippen LogP contribution in [0.4, 0.5) is 0 Å². The van der Waals surface area contributed by atoms with Gasteiger partial charge in [0.05, 0.1) is 13.2 Å². The summed E-state index contributed by atoms with van der Waals surface area (Å²) in [5.41, 5.74) is 0.819. The first-order chi connectivity index (χ1) is 4.66. The maximum absolute atomic E-state index is 5.48. The Balaban J connectivity index is 2.30. The Morgan fingerprint density at radius 3 is 2.10 bits per heavy atom. The van der Waals surface area contributed by atoms with Crippen molar-refractivity contribution in [2.24, 2.45) is 10.8 Å². The molecular formula is C8H15NO. The molecule has 0 amide bonds. The van der Waals surface area contributed by atoms with Crippen molar-refractivity contribution in [1.82, 2.24) is 5.32 Å². The summed E-state index contributed by atoms with van der Waals surface area (Å²) in [5, 5.41) is 3.43. The third-order valence-electron chi connectivity index (χ3n) is 3.33. The summed E-state index contributed by atoms with van der Waals surface area (Å²) in [5.74, 6) is 0. The van der Waals surface area contributed by atoms with Crippen LogP contribution in [0.15, 0.2) is 0 Å². The number of hydrogen-bond donors (Lipinski definition) is 1. The Kier molecular flexibility index (Phi) is 1.15. The molecule has 58 valence electrons. The van der Waals surface area contributed by atoms with Gasteiger partial charge >= 0.3 is 0 Å². The second kappa shape index (κ2) is 1.74. The summed E-state index contributed by atoms with van der Waals surface area (Å²) in [6.45, 7) is 8.78. The fraction of sp³-hybridized carbons (Fsp3) is 1.00. The average molecular weight is 141 g/mol. The van der Waals surface area contributed by atoms with Gasteiger partial charge in [0.15, 0.2) is 0 Å². The SMILES string of the molecule is CC12CNCC1(C)COC2. The molecule has 0 aromatic rings. The Hall–Kier alpha value is -0.0800. The van der Waals surface area contributed by atoms with Gasteiger partial charge in [0.2, 0.25) is 0 Å². The monoisotopic (exact) mass is 141 g/mol. The number of nitrogens with one attached hydrogen (secondary N) is 1. The van der Waals surface area contributed by atoms with Crippen molar-refractivity contribution in [3.63, 3.8) is 0 Å². The summed E-state index contributed by atoms with van der Waals surface area (Å²) in [6.07, 6.45) is 0. The molecule has 2 heteroatoms. The number of fused-ring (bicyclic) bond motifs is 1. The minimum Gasteiger partial charge on any atom is -0.380 e. The van der Waals surface area contributed by atoms with Crippen LogP contribution in [0, 0.1) is 10.8 Å². The number of hydrogen-bond acceptors (Lipinski definition) is 2. The van der Waals surface area contributed by atoms with Crippen molar-refractivity contribution in [1.29, 1.82) is 0 Å². The van der Waals surface area contributed by atoms with Gasteiger partial charge in [-0.15, -0.1) is 0 Å². The number of ether oxygens (including phenoxy) is 1. The second-order valence-corrected chi connectivity index (χ2v) is 4.22. The molecule has 2 nitrogen and oxygen atoms in total. The first-order valence-electron chi connectivity index (χ1n) is 3.95. The molecule has 0 radical (unpaired) electrons. The highest BCUT2D eigenvalue weighted by atomic mass is 16.5. The van der Waals surface area contributed by atoms with Gasteiger partial charge in [-0.2, -0.15) is 0 Å². The van der Waals surface area contributed by atoms with Gasteiger partial charge in [0.25, 0.3) is 0 Å². The zero-order chi connectivity index (χ0) is 7.24. The average Bonchev–Trinajstić information content (AvgIpc) is 2.20. The molecule has 0 spiro atoms. The number of rotatable bonds is 0. The lowest BCUT2D eigenvalue weighted by Gasteiger charge is -2.29. The van der Waals surface area contributed by atoms with E-state index in [9.17, 15) is 0 Å². The van der Waals surface area contributed by atoms with Crippen molar-refractivity contribution in [3.05, 3.63) is 0 Å². The topological polar surface area (TPSA) is 21.3 Å². The van der Waals surface area contributed by atoms with Gasteiger partial charge in [-0.25, -0.2) is 0 Å². The molecule has 0 aromatic carbocycles. The molecule has 2 rings (SSSR count). The zero-order valence-electron chi connectivity index (χ0n) is 6.74. The van der Waals surface area contributed by atoms with Gasteiger partial charge in [0.1, 0.15) is 0 Å². The first kappa shape index (κ1) is 6.62. The van der Waals surface area contributed by atoms with Crippen LogP contribution in [0.5, 0.6) is 0 Å². The van der Waals surface area contributed by atoms with Crippen LogP contribution in [0.1, 0.15) is 13.8 Å². The lowest BCUT2D eigenvalue weighted by atomic mass is 9.71. The highest BCUT2D eigenvalue weighted by molar-refractivity contribution is 5.03. The van der Waals surface area contributed by atoms with Crippen molar-refractivity contribution < 1.29 is 4.74 Å². The lowest BCUT2D eigenvalue weighted by molar-refractivity contribution is 0.155. The molecule has 2 unspecified atom stereocenters. The van der Waals surface area contributed by atoms with E-state index in [1.807, 2.05) is 0 Å². The summed E-state index contributed by atoms with van der Waals surface area (Å²) in [4.78, 5) is 0. The molecule has 0 saturated carbocycles. The van der Waals surface area contributed by atoms with Crippen LogP contribution in [-0.4, -0.2) is 26.3 Å². The predicted octanol–water partition coefficient (Wildman–Crippen LogP) is 0.632. The van der Waals surface area contributed by atoms with E-state index in [-0.39, 0.29) is 0 Å². The minimum absolute atomic E-state index is 0.410. The van der Waals surface area contributed by atoms with Crippen LogP contribution in [-0.2, 0) is 4.74 Å². The molecule has 0 aliphatic carbocycles. The fourth-order valence-electron chi connectivity index (χ4n) is 1.99. The highest BCUT2D eigenvalue weighted by Crippen LogP contribution is 2.46. The summed E-state index contributed by atoms with van der Waals surface area (Å²) < 4.78 is 5.48. The van der Waals surface area contributed by atoms with E-state index in [0.29, 0.717) is 10.8 Å². The van der Waals surface area contributed by atoms with E-state index in [0.717, 1.165) is 26.3 Å². The van der Waals surface area contributed by atoms with Gasteiger partial charge in [-0.1, -0.05) is 13.8 Å². The van der Waals surface area contributed by atoms with E-state index >= 15 is 0 Å². The normalized spacial score (nSPS) is 53.4. The molecule has 0 aromatic heterocycles. The third kappa shape index (κ3) is 0.611. The maximum atomic E-state index is 5.48. The Morgan fingerprint density at radius 1 is 1.10 bits per heavy atom. The molecule has 2 atom stereocenters. The van der Waals surface area contributed by atoms with E-state index in [1.165, 1.54) is 0 Å². The van der Waals surface area contributed by atoms with E-state index in [4.69, 9.17) is 4.74 Å². The molecule has 2 aliphatic heterocycles. The largest absolute Gasteiger partial charge is 0.380 e. The molecular weight excluding hydrogens is 126 g/mol. The molecule has 1 N–H and O–H groups in total. The van der Waals surface area contributed by atoms with E-state index in [2.05, 4.69) is 19.2 Å². The zero-order valence-corrected chi connectivity index (χ0v) is 6.74. The minimum atomic E-state index is 0.410. The summed E-state index contributed by atoms with van der Waals surface area (Å²) >= 11 is 0. The molecule has 2 fully saturated rings. The van der Waals surface area contributed by atoms with Crippen LogP contribution < -0.4 is 5.32 Å². The smallest absolute Gasteiger partial charge is 0.0538 e. The third-order valence-corrected chi connectivity index (χ3v) is 3.33. The van der Waals surface area contributed by atoms with Gasteiger partial charge < -0.3 is 10.1 Å². The maximum Gasteiger partial charge on any atom is 0.0538 e. The quantitative estimate of drug-likeness (QED) is 0.534. The van der Waals surface area contributed by atoms with Crippen molar-refractivity contribution in [3.8, 4) is 0 Å². The second-order valence-electron chi connectivity index (χ2n) is 4.22. The standard InChI is InChI=1S/C8H15NO/c1-7-3-9-4-8(7,2)6-10-5-7/h9H,3-6H2,1-2H3. The lowest BCUT2D eigenvalue weighted by Crippen LogP contribution is -2.34. The van der Waals surface area contributed by atoms with E-state index < -0.39 is 0 Å². The highest BCUT2D eigenvalue weighted by Gasteiger charge is 2.52. The van der Waals surface area contributed by atoms with Crippen LogP contribution >= 0.6 is 0 Å².